The van der Waals surface area contributed by atoms with Crippen LogP contribution in [0.25, 0.3) is 78.1 Å². The van der Waals surface area contributed by atoms with Gasteiger partial charge in [0.2, 0.25) is 0 Å². The van der Waals surface area contributed by atoms with Crippen LogP contribution in [-0.4, -0.2) is 20.2 Å². The Morgan fingerprint density at radius 2 is 1.03 bits per heavy atom. The third-order valence-corrected chi connectivity index (χ3v) is 11.5. The van der Waals surface area contributed by atoms with Crippen LogP contribution in [0, 0.1) is 0 Å². The van der Waals surface area contributed by atoms with Crippen molar-refractivity contribution in [1.82, 2.24) is 9.97 Å². The number of hydrogen-bond donors (Lipinski definition) is 2. The van der Waals surface area contributed by atoms with Crippen LogP contribution in [-0.2, 0) is 10.8 Å². The molecule has 8 aromatic rings. The Balaban J connectivity index is 1.33. The normalized spacial score (nSPS) is 12.3. The van der Waals surface area contributed by atoms with Gasteiger partial charge in [0.25, 0.3) is 0 Å². The molecule has 59 heavy (non-hydrogen) atoms. The second-order valence-electron chi connectivity index (χ2n) is 18.6. The number of furan rings is 1. The molecule has 0 unspecified atom stereocenters. The van der Waals surface area contributed by atoms with Crippen molar-refractivity contribution >= 4 is 21.9 Å². The summed E-state index contributed by atoms with van der Waals surface area (Å²) in [6, 6.07) is 40.8. The van der Waals surface area contributed by atoms with E-state index in [0.717, 1.165) is 33.0 Å². The van der Waals surface area contributed by atoms with Gasteiger partial charge in [-0.2, -0.15) is 0 Å². The Hall–Kier alpha value is -6.20. The van der Waals surface area contributed by atoms with E-state index in [0.29, 0.717) is 51.3 Å². The van der Waals surface area contributed by atoms with Crippen molar-refractivity contribution in [2.75, 3.05) is 0 Å². The van der Waals surface area contributed by atoms with Gasteiger partial charge in [-0.25, -0.2) is 9.97 Å². The second-order valence-corrected chi connectivity index (χ2v) is 18.6. The van der Waals surface area contributed by atoms with E-state index in [1.807, 2.05) is 54.6 Å². The first-order valence-electron chi connectivity index (χ1n) is 20.7. The quantitative estimate of drug-likeness (QED) is 0.168. The lowest BCUT2D eigenvalue weighted by Crippen LogP contribution is -2.16. The van der Waals surface area contributed by atoms with Gasteiger partial charge in [0, 0.05) is 21.9 Å². The van der Waals surface area contributed by atoms with E-state index in [1.165, 1.54) is 27.8 Å². The van der Waals surface area contributed by atoms with Crippen LogP contribution in [0.3, 0.4) is 0 Å². The summed E-state index contributed by atoms with van der Waals surface area (Å²) in [7, 11) is 0. The Morgan fingerprint density at radius 1 is 0.458 bits per heavy atom. The fourth-order valence-corrected chi connectivity index (χ4v) is 8.10. The first-order chi connectivity index (χ1) is 28.0. The number of aromatic hydroxyl groups is 2. The third kappa shape index (κ3) is 7.62. The molecule has 3 heterocycles. The van der Waals surface area contributed by atoms with Crippen LogP contribution >= 0.6 is 0 Å². The molecule has 8 rings (SSSR count). The molecule has 0 saturated heterocycles. The highest BCUT2D eigenvalue weighted by atomic mass is 16.3. The molecule has 298 valence electrons. The van der Waals surface area contributed by atoms with Crippen LogP contribution in [0.2, 0.25) is 0 Å². The van der Waals surface area contributed by atoms with Gasteiger partial charge in [-0.15, -0.1) is 0 Å². The van der Waals surface area contributed by atoms with Crippen LogP contribution < -0.4 is 0 Å². The molecular formula is C54H54N2O3. The summed E-state index contributed by atoms with van der Waals surface area (Å²) < 4.78 is 6.29. The van der Waals surface area contributed by atoms with E-state index in [4.69, 9.17) is 14.4 Å². The molecule has 0 aliphatic heterocycles. The molecule has 0 radical (unpaired) electrons. The molecule has 5 aromatic carbocycles. The number of hydrogen-bond acceptors (Lipinski definition) is 5. The Morgan fingerprint density at radius 3 is 1.69 bits per heavy atom. The topological polar surface area (TPSA) is 79.4 Å². The number of fused-ring (bicyclic) bond motifs is 3. The fourth-order valence-electron chi connectivity index (χ4n) is 8.10. The van der Waals surface area contributed by atoms with E-state index >= 15 is 0 Å². The number of benzene rings is 5. The predicted octanol–water partition coefficient (Wildman–Crippen LogP) is 15.0. The first-order valence-corrected chi connectivity index (χ1v) is 20.7. The van der Waals surface area contributed by atoms with Crippen LogP contribution in [0.1, 0.15) is 103 Å². The van der Waals surface area contributed by atoms with Crippen LogP contribution in [0.5, 0.6) is 11.5 Å². The molecule has 2 N–H and O–H groups in total. The molecule has 5 nitrogen and oxygen atoms in total. The summed E-state index contributed by atoms with van der Waals surface area (Å²) in [6.07, 6.45) is 0. The number of nitrogens with zero attached hydrogens (tertiary/aromatic N) is 2. The van der Waals surface area contributed by atoms with E-state index in [2.05, 4.69) is 124 Å². The minimum absolute atomic E-state index is 0.0860. The second kappa shape index (κ2) is 14.9. The van der Waals surface area contributed by atoms with Gasteiger partial charge >= 0.3 is 0 Å². The molecule has 5 heteroatoms. The van der Waals surface area contributed by atoms with Gasteiger partial charge in [0.05, 0.1) is 22.8 Å². The van der Waals surface area contributed by atoms with Crippen molar-refractivity contribution in [3.63, 3.8) is 0 Å². The van der Waals surface area contributed by atoms with Crippen molar-refractivity contribution in [1.29, 1.82) is 0 Å². The lowest BCUT2D eigenvalue weighted by atomic mass is 9.79. The minimum Gasteiger partial charge on any atom is -0.507 e. The van der Waals surface area contributed by atoms with Gasteiger partial charge in [-0.1, -0.05) is 136 Å². The summed E-state index contributed by atoms with van der Waals surface area (Å²) >= 11 is 0. The SMILES string of the molecule is CC(C)c1cccc(C(C)C)c1-c1ccc(O)c(-c2cccc(-c3cc(-c4cc(C(C)(C)C)cc(C(C)(C)C)c4)cc(-c4cc5oc6ccccc6c5cc4O)n3)n2)c1. The zero-order chi connectivity index (χ0) is 42.0. The molecule has 0 fully saturated rings. The molecule has 3 aromatic heterocycles. The Kier molecular flexibility index (Phi) is 9.99. The average Bonchev–Trinajstić information content (AvgIpc) is 3.56. The zero-order valence-electron chi connectivity index (χ0n) is 35.9. The maximum absolute atomic E-state index is 11.7. The van der Waals surface area contributed by atoms with Gasteiger partial charge in [-0.05, 0) is 122 Å². The lowest BCUT2D eigenvalue weighted by Gasteiger charge is -2.26. The number of phenolic OH excluding ortho intramolecular Hbond substituents is 2. The van der Waals surface area contributed by atoms with Crippen molar-refractivity contribution in [2.24, 2.45) is 0 Å². The summed E-state index contributed by atoms with van der Waals surface area (Å²) in [6.45, 7) is 22.4. The zero-order valence-corrected chi connectivity index (χ0v) is 35.9. The molecule has 0 saturated carbocycles. The Labute approximate surface area is 348 Å². The smallest absolute Gasteiger partial charge is 0.136 e. The molecule has 0 aliphatic carbocycles. The first kappa shape index (κ1) is 39.6. The monoisotopic (exact) mass is 778 g/mol. The van der Waals surface area contributed by atoms with Crippen molar-refractivity contribution in [3.05, 3.63) is 144 Å². The summed E-state index contributed by atoms with van der Waals surface area (Å²) in [5, 5.41) is 24.9. The maximum Gasteiger partial charge on any atom is 0.136 e. The fraction of sp³-hybridized carbons (Fsp3) is 0.259. The van der Waals surface area contributed by atoms with Crippen molar-refractivity contribution in [3.8, 4) is 67.7 Å². The summed E-state index contributed by atoms with van der Waals surface area (Å²) in [5.41, 5.74) is 14.3. The minimum atomic E-state index is -0.0860. The molecule has 0 amide bonds. The number of aromatic nitrogens is 2. The average molecular weight is 779 g/mol. The highest BCUT2D eigenvalue weighted by Gasteiger charge is 2.23. The number of phenols is 2. The predicted molar refractivity (Wildman–Crippen MR) is 245 cm³/mol. The van der Waals surface area contributed by atoms with Gasteiger partial charge in [-0.3, -0.25) is 0 Å². The summed E-state index contributed by atoms with van der Waals surface area (Å²) in [4.78, 5) is 10.4. The lowest BCUT2D eigenvalue weighted by molar-refractivity contribution is 0.477. The molecule has 0 bridgehead atoms. The third-order valence-electron chi connectivity index (χ3n) is 11.5. The van der Waals surface area contributed by atoms with E-state index in [9.17, 15) is 10.2 Å². The molecule has 0 aliphatic rings. The number of para-hydroxylation sites is 1. The number of rotatable bonds is 7. The van der Waals surface area contributed by atoms with Crippen LogP contribution in [0.15, 0.2) is 126 Å². The molecular weight excluding hydrogens is 725 g/mol. The van der Waals surface area contributed by atoms with E-state index in [1.54, 1.807) is 12.1 Å². The molecule has 0 atom stereocenters. The number of pyridine rings is 2. The van der Waals surface area contributed by atoms with Crippen LogP contribution in [0.4, 0.5) is 0 Å². The van der Waals surface area contributed by atoms with E-state index < -0.39 is 0 Å². The van der Waals surface area contributed by atoms with Gasteiger partial charge in [0.15, 0.2) is 0 Å². The van der Waals surface area contributed by atoms with E-state index in [-0.39, 0.29) is 22.3 Å². The maximum atomic E-state index is 11.7. The Bertz CT molecular complexity index is 2820. The molecule has 0 spiro atoms. The highest BCUT2D eigenvalue weighted by molar-refractivity contribution is 6.07. The largest absolute Gasteiger partial charge is 0.507 e. The standard InChI is InChI=1S/C54H54N2O3/c1-31(2)38-16-13-17-39(32(3)4)52(38)33-21-22-48(57)42(25-33)44-18-14-19-45(55-44)47-27-35(34-23-36(53(5,6)7)28-37(24-34)54(8,9)10)26-46(56-47)43-30-51-41(29-49(43)58)40-15-11-12-20-50(40)59-51/h11-32,57-58H,1-10H3. The highest BCUT2D eigenvalue weighted by Crippen LogP contribution is 2.43. The van der Waals surface area contributed by atoms with Crippen molar-refractivity contribution < 1.29 is 14.6 Å². The van der Waals surface area contributed by atoms with Crippen molar-refractivity contribution in [2.45, 2.75) is 91.9 Å². The van der Waals surface area contributed by atoms with Gasteiger partial charge < -0.3 is 14.6 Å². The van der Waals surface area contributed by atoms with Gasteiger partial charge in [0.1, 0.15) is 22.7 Å². The summed E-state index contributed by atoms with van der Waals surface area (Å²) in [5.74, 6) is 0.923.